The minimum atomic E-state index is -0.321. The zero-order chi connectivity index (χ0) is 16.2. The molecule has 6 heteroatoms. The van der Waals surface area contributed by atoms with Crippen LogP contribution in [-0.2, 0) is 4.79 Å². The number of carbonyl (C=O) groups is 1. The fraction of sp³-hybridized carbons (Fsp3) is 0.176. The zero-order valence-electron chi connectivity index (χ0n) is 12.5. The summed E-state index contributed by atoms with van der Waals surface area (Å²) >= 11 is 1.25. The van der Waals surface area contributed by atoms with Crippen molar-refractivity contribution in [1.82, 2.24) is 4.98 Å². The molecule has 1 amide bonds. The van der Waals surface area contributed by atoms with E-state index < -0.39 is 0 Å². The van der Waals surface area contributed by atoms with E-state index in [2.05, 4.69) is 4.98 Å². The zero-order valence-corrected chi connectivity index (χ0v) is 13.3. The van der Waals surface area contributed by atoms with Gasteiger partial charge in [-0.05, 0) is 43.3 Å². The summed E-state index contributed by atoms with van der Waals surface area (Å²) in [6.45, 7) is 2.39. The number of halogens is 1. The molecular formula is C17H15FN2O2S. The molecule has 0 aliphatic carbocycles. The van der Waals surface area contributed by atoms with Gasteiger partial charge in [0.2, 0.25) is 5.91 Å². The lowest BCUT2D eigenvalue weighted by Crippen LogP contribution is -2.32. The molecule has 2 aromatic carbocycles. The monoisotopic (exact) mass is 330 g/mol. The van der Waals surface area contributed by atoms with Gasteiger partial charge in [0.15, 0.2) is 5.58 Å². The summed E-state index contributed by atoms with van der Waals surface area (Å²) in [5.74, 6) is -0.192. The van der Waals surface area contributed by atoms with Gasteiger partial charge >= 0.3 is 0 Å². The number of hydrogen-bond donors (Lipinski definition) is 0. The molecule has 0 aliphatic heterocycles. The van der Waals surface area contributed by atoms with Gasteiger partial charge in [0, 0.05) is 12.2 Å². The summed E-state index contributed by atoms with van der Waals surface area (Å²) in [4.78, 5) is 18.3. The fourth-order valence-corrected chi connectivity index (χ4v) is 2.95. The van der Waals surface area contributed by atoms with Crippen molar-refractivity contribution >= 4 is 34.5 Å². The van der Waals surface area contributed by atoms with Crippen LogP contribution < -0.4 is 4.90 Å². The minimum Gasteiger partial charge on any atom is -0.431 e. The molecule has 3 aromatic rings. The molecule has 0 spiro atoms. The number of amides is 1. The molecule has 0 unspecified atom stereocenters. The van der Waals surface area contributed by atoms with Crippen LogP contribution in [0, 0.1) is 5.82 Å². The second-order valence-electron chi connectivity index (χ2n) is 4.85. The van der Waals surface area contributed by atoms with Crippen LogP contribution in [0.1, 0.15) is 6.92 Å². The molecule has 3 rings (SSSR count). The van der Waals surface area contributed by atoms with Crippen LogP contribution in [0.5, 0.6) is 0 Å². The average molecular weight is 330 g/mol. The Morgan fingerprint density at radius 2 is 1.96 bits per heavy atom. The SMILES string of the molecule is CCN(C(=O)CSc1nc2ccccc2o1)c1ccc(F)cc1. The van der Waals surface area contributed by atoms with Crippen molar-refractivity contribution in [1.29, 1.82) is 0 Å². The number of oxazole rings is 1. The van der Waals surface area contributed by atoms with Crippen molar-refractivity contribution in [3.63, 3.8) is 0 Å². The van der Waals surface area contributed by atoms with Crippen LogP contribution in [0.2, 0.25) is 0 Å². The molecule has 0 radical (unpaired) electrons. The maximum Gasteiger partial charge on any atom is 0.257 e. The topological polar surface area (TPSA) is 46.3 Å². The highest BCUT2D eigenvalue weighted by Crippen LogP contribution is 2.24. The van der Waals surface area contributed by atoms with Gasteiger partial charge in [0.1, 0.15) is 11.3 Å². The first kappa shape index (κ1) is 15.6. The van der Waals surface area contributed by atoms with E-state index in [1.54, 1.807) is 17.0 Å². The molecule has 118 valence electrons. The van der Waals surface area contributed by atoms with Crippen LogP contribution in [0.4, 0.5) is 10.1 Å². The first-order valence-corrected chi connectivity index (χ1v) is 8.20. The average Bonchev–Trinajstić information content (AvgIpc) is 2.98. The molecule has 0 saturated heterocycles. The molecule has 0 N–H and O–H groups in total. The Morgan fingerprint density at radius 1 is 1.22 bits per heavy atom. The maximum atomic E-state index is 13.0. The first-order chi connectivity index (χ1) is 11.2. The quantitative estimate of drug-likeness (QED) is 0.661. The highest BCUT2D eigenvalue weighted by atomic mass is 32.2. The van der Waals surface area contributed by atoms with Crippen molar-refractivity contribution in [3.05, 3.63) is 54.3 Å². The minimum absolute atomic E-state index is 0.0774. The second kappa shape index (κ2) is 6.83. The summed E-state index contributed by atoms with van der Waals surface area (Å²) in [7, 11) is 0. The number of nitrogens with zero attached hydrogens (tertiary/aromatic N) is 2. The summed E-state index contributed by atoms with van der Waals surface area (Å²) in [5, 5.41) is 0.467. The van der Waals surface area contributed by atoms with E-state index in [1.165, 1.54) is 23.9 Å². The van der Waals surface area contributed by atoms with Crippen molar-refractivity contribution in [2.24, 2.45) is 0 Å². The number of carbonyl (C=O) groups excluding carboxylic acids is 1. The number of hydrogen-bond acceptors (Lipinski definition) is 4. The van der Waals surface area contributed by atoms with Crippen LogP contribution in [0.15, 0.2) is 58.2 Å². The fourth-order valence-electron chi connectivity index (χ4n) is 2.24. The first-order valence-electron chi connectivity index (χ1n) is 7.21. The Bertz CT molecular complexity index is 784. The Morgan fingerprint density at radius 3 is 2.65 bits per heavy atom. The van der Waals surface area contributed by atoms with Crippen LogP contribution in [0.25, 0.3) is 11.1 Å². The molecule has 0 saturated carbocycles. The Hall–Kier alpha value is -2.34. The molecule has 0 fully saturated rings. The number of para-hydroxylation sites is 2. The smallest absolute Gasteiger partial charge is 0.257 e. The molecule has 23 heavy (non-hydrogen) atoms. The second-order valence-corrected chi connectivity index (χ2v) is 5.78. The van der Waals surface area contributed by atoms with E-state index in [0.717, 1.165) is 5.52 Å². The van der Waals surface area contributed by atoms with E-state index in [9.17, 15) is 9.18 Å². The molecule has 4 nitrogen and oxygen atoms in total. The van der Waals surface area contributed by atoms with Gasteiger partial charge in [0.25, 0.3) is 5.22 Å². The third-order valence-electron chi connectivity index (χ3n) is 3.35. The highest BCUT2D eigenvalue weighted by molar-refractivity contribution is 7.99. The van der Waals surface area contributed by atoms with Gasteiger partial charge in [-0.3, -0.25) is 4.79 Å². The van der Waals surface area contributed by atoms with E-state index in [-0.39, 0.29) is 17.5 Å². The van der Waals surface area contributed by atoms with E-state index in [1.807, 2.05) is 31.2 Å². The van der Waals surface area contributed by atoms with Crippen LogP contribution >= 0.6 is 11.8 Å². The van der Waals surface area contributed by atoms with E-state index in [0.29, 0.717) is 23.0 Å². The van der Waals surface area contributed by atoms with Gasteiger partial charge in [-0.15, -0.1) is 0 Å². The normalized spacial score (nSPS) is 10.9. The molecule has 1 aromatic heterocycles. The maximum absolute atomic E-state index is 13.0. The number of rotatable bonds is 5. The molecular weight excluding hydrogens is 315 g/mol. The molecule has 0 aliphatic rings. The largest absolute Gasteiger partial charge is 0.431 e. The lowest BCUT2D eigenvalue weighted by molar-refractivity contribution is -0.116. The van der Waals surface area contributed by atoms with E-state index >= 15 is 0 Å². The summed E-state index contributed by atoms with van der Waals surface area (Å²) in [6, 6.07) is 13.4. The highest BCUT2D eigenvalue weighted by Gasteiger charge is 2.16. The Kier molecular flexibility index (Phi) is 4.62. The van der Waals surface area contributed by atoms with Gasteiger partial charge in [-0.1, -0.05) is 23.9 Å². The summed E-state index contributed by atoms with van der Waals surface area (Å²) in [6.07, 6.45) is 0. The Labute approximate surface area is 137 Å². The number of thioether (sulfide) groups is 1. The lowest BCUT2D eigenvalue weighted by atomic mass is 10.3. The van der Waals surface area contributed by atoms with Gasteiger partial charge < -0.3 is 9.32 Å². The Balaban J connectivity index is 1.68. The predicted octanol–water partition coefficient (Wildman–Crippen LogP) is 4.11. The van der Waals surface area contributed by atoms with Crippen LogP contribution in [-0.4, -0.2) is 23.2 Å². The number of fused-ring (bicyclic) bond motifs is 1. The molecule has 0 atom stereocenters. The third-order valence-corrected chi connectivity index (χ3v) is 4.16. The van der Waals surface area contributed by atoms with Gasteiger partial charge in [0.05, 0.1) is 5.75 Å². The molecule has 0 bridgehead atoms. The van der Waals surface area contributed by atoms with Gasteiger partial charge in [-0.2, -0.15) is 0 Å². The number of anilines is 1. The lowest BCUT2D eigenvalue weighted by Gasteiger charge is -2.20. The van der Waals surface area contributed by atoms with Crippen molar-refractivity contribution in [2.45, 2.75) is 12.1 Å². The summed E-state index contributed by atoms with van der Waals surface area (Å²) in [5.41, 5.74) is 2.15. The summed E-state index contributed by atoms with van der Waals surface area (Å²) < 4.78 is 18.6. The number of benzene rings is 2. The standard InChI is InChI=1S/C17H15FN2O2S/c1-2-20(13-9-7-12(18)8-10-13)16(21)11-23-17-19-14-5-3-4-6-15(14)22-17/h3-10H,2,11H2,1H3. The van der Waals surface area contributed by atoms with Crippen molar-refractivity contribution < 1.29 is 13.6 Å². The predicted molar refractivity (Wildman–Crippen MR) is 89.2 cm³/mol. The van der Waals surface area contributed by atoms with Crippen molar-refractivity contribution in [3.8, 4) is 0 Å². The molecule has 1 heterocycles. The van der Waals surface area contributed by atoms with Crippen molar-refractivity contribution in [2.75, 3.05) is 17.2 Å². The third kappa shape index (κ3) is 3.53. The van der Waals surface area contributed by atoms with Crippen LogP contribution in [0.3, 0.4) is 0 Å². The van der Waals surface area contributed by atoms with Gasteiger partial charge in [-0.25, -0.2) is 9.37 Å². The number of aromatic nitrogens is 1. The van der Waals surface area contributed by atoms with E-state index in [4.69, 9.17) is 4.42 Å².